The molecule has 0 bridgehead atoms. The van der Waals surface area contributed by atoms with Crippen molar-refractivity contribution in [2.45, 2.75) is 26.3 Å². The van der Waals surface area contributed by atoms with E-state index in [1.165, 1.54) is 0 Å². The number of rotatable bonds is 5. The summed E-state index contributed by atoms with van der Waals surface area (Å²) in [7, 11) is 1.67. The number of fused-ring (bicyclic) bond motifs is 1. The average molecular weight is 486 g/mol. The summed E-state index contributed by atoms with van der Waals surface area (Å²) in [4.78, 5) is 40.3. The number of carbonyl (C=O) groups is 2. The maximum Gasteiger partial charge on any atom is 0.256 e. The van der Waals surface area contributed by atoms with Gasteiger partial charge in [0.2, 0.25) is 0 Å². The number of hydrogen-bond acceptors (Lipinski definition) is 6. The van der Waals surface area contributed by atoms with E-state index in [1.807, 2.05) is 80.3 Å². The largest absolute Gasteiger partial charge is 0.495 e. The number of aromatic nitrogens is 1. The van der Waals surface area contributed by atoms with Crippen LogP contribution in [0.3, 0.4) is 0 Å². The fourth-order valence-corrected chi connectivity index (χ4v) is 4.72. The number of anilines is 1. The molecule has 2 amide bonds. The standard InChI is InChI=1S/C28H31N5O3/c1-18(2)28(3)27(35)30-25(31-28)24-20(17-19-9-5-6-10-21(19)29-24)26(34)33-15-13-32(14-16-33)22-11-7-8-12-23(22)36-4/h5-12,17-18H,13-16H2,1-4H3,(H,30,31,35). The van der Waals surface area contributed by atoms with Crippen LogP contribution in [0.1, 0.15) is 36.8 Å². The van der Waals surface area contributed by atoms with E-state index in [0.717, 1.165) is 22.3 Å². The van der Waals surface area contributed by atoms with Crippen molar-refractivity contribution in [2.24, 2.45) is 10.9 Å². The zero-order valence-corrected chi connectivity index (χ0v) is 21.1. The van der Waals surface area contributed by atoms with Crippen molar-refractivity contribution >= 4 is 34.2 Å². The normalized spacial score (nSPS) is 20.0. The van der Waals surface area contributed by atoms with Crippen LogP contribution in [0.15, 0.2) is 59.6 Å². The van der Waals surface area contributed by atoms with Crippen LogP contribution in [0.25, 0.3) is 10.9 Å². The van der Waals surface area contributed by atoms with Crippen LogP contribution in [-0.4, -0.2) is 66.4 Å². The van der Waals surface area contributed by atoms with Crippen molar-refractivity contribution in [3.63, 3.8) is 0 Å². The van der Waals surface area contributed by atoms with Gasteiger partial charge in [-0.1, -0.05) is 44.2 Å². The van der Waals surface area contributed by atoms with E-state index >= 15 is 0 Å². The molecule has 8 heteroatoms. The van der Waals surface area contributed by atoms with Crippen molar-refractivity contribution in [1.82, 2.24) is 15.2 Å². The number of nitrogens with zero attached hydrogens (tertiary/aromatic N) is 4. The summed E-state index contributed by atoms with van der Waals surface area (Å²) in [6.07, 6.45) is 0. The second kappa shape index (κ2) is 9.26. The van der Waals surface area contributed by atoms with Crippen LogP contribution >= 0.6 is 0 Å². The highest BCUT2D eigenvalue weighted by molar-refractivity contribution is 6.19. The molecule has 1 fully saturated rings. The fourth-order valence-electron chi connectivity index (χ4n) is 4.72. The van der Waals surface area contributed by atoms with Crippen molar-refractivity contribution in [2.75, 3.05) is 38.2 Å². The van der Waals surface area contributed by atoms with Gasteiger partial charge in [0, 0.05) is 31.6 Å². The number of pyridine rings is 1. The van der Waals surface area contributed by atoms with Gasteiger partial charge in [0.05, 0.1) is 23.9 Å². The summed E-state index contributed by atoms with van der Waals surface area (Å²) in [5.74, 6) is 0.890. The summed E-state index contributed by atoms with van der Waals surface area (Å²) in [5.41, 5.74) is 1.75. The number of benzene rings is 2. The molecule has 0 aliphatic carbocycles. The van der Waals surface area contributed by atoms with Gasteiger partial charge in [-0.3, -0.25) is 9.59 Å². The van der Waals surface area contributed by atoms with Crippen molar-refractivity contribution in [3.05, 3.63) is 65.9 Å². The molecule has 1 aromatic heterocycles. The monoisotopic (exact) mass is 485 g/mol. The Kier molecular flexibility index (Phi) is 6.12. The maximum absolute atomic E-state index is 13.8. The third-order valence-electron chi connectivity index (χ3n) is 7.33. The zero-order valence-electron chi connectivity index (χ0n) is 21.1. The number of carbonyl (C=O) groups excluding carboxylic acids is 2. The number of amidine groups is 1. The fraction of sp³-hybridized carbons (Fsp3) is 0.357. The Morgan fingerprint density at radius 1 is 1.06 bits per heavy atom. The van der Waals surface area contributed by atoms with Crippen LogP contribution < -0.4 is 15.0 Å². The molecule has 186 valence electrons. The van der Waals surface area contributed by atoms with Gasteiger partial charge in [-0.2, -0.15) is 0 Å². The third-order valence-corrected chi connectivity index (χ3v) is 7.33. The number of methoxy groups -OCH3 is 1. The smallest absolute Gasteiger partial charge is 0.256 e. The molecule has 1 N–H and O–H groups in total. The quantitative estimate of drug-likeness (QED) is 0.598. The molecule has 1 atom stereocenters. The summed E-state index contributed by atoms with van der Waals surface area (Å²) in [6.45, 7) is 8.24. The number of amides is 2. The molecular weight excluding hydrogens is 454 g/mol. The van der Waals surface area contributed by atoms with Crippen molar-refractivity contribution < 1.29 is 14.3 Å². The topological polar surface area (TPSA) is 87.1 Å². The number of piperazine rings is 1. The number of ether oxygens (including phenoxy) is 1. The number of aliphatic imine (C=N–C) groups is 1. The molecule has 0 saturated carbocycles. The van der Waals surface area contributed by atoms with E-state index in [2.05, 4.69) is 10.2 Å². The molecule has 36 heavy (non-hydrogen) atoms. The van der Waals surface area contributed by atoms with Crippen LogP contribution in [0.4, 0.5) is 5.69 Å². The SMILES string of the molecule is COc1ccccc1N1CCN(C(=O)c2cc3ccccc3nc2C2=NC(C)(C(C)C)C(=O)N2)CC1. The first-order valence-corrected chi connectivity index (χ1v) is 12.3. The minimum absolute atomic E-state index is 0.00216. The Labute approximate surface area is 211 Å². The first kappa shape index (κ1) is 23.8. The minimum Gasteiger partial charge on any atom is -0.495 e. The molecule has 8 nitrogen and oxygen atoms in total. The number of para-hydroxylation sites is 3. The van der Waals surface area contributed by atoms with Crippen LogP contribution in [0, 0.1) is 5.92 Å². The summed E-state index contributed by atoms with van der Waals surface area (Å²) >= 11 is 0. The van der Waals surface area contributed by atoms with Crippen molar-refractivity contribution in [1.29, 1.82) is 0 Å². The van der Waals surface area contributed by atoms with Gasteiger partial charge in [-0.15, -0.1) is 0 Å². The highest BCUT2D eigenvalue weighted by Gasteiger charge is 2.43. The second-order valence-electron chi connectivity index (χ2n) is 9.75. The summed E-state index contributed by atoms with van der Waals surface area (Å²) in [6, 6.07) is 17.5. The molecule has 3 heterocycles. The number of nitrogens with one attached hydrogen (secondary N) is 1. The lowest BCUT2D eigenvalue weighted by molar-refractivity contribution is -0.124. The Morgan fingerprint density at radius 2 is 1.75 bits per heavy atom. The predicted octanol–water partition coefficient (Wildman–Crippen LogP) is 3.50. The molecule has 1 saturated heterocycles. The van der Waals surface area contributed by atoms with E-state index in [0.29, 0.717) is 43.3 Å². The second-order valence-corrected chi connectivity index (χ2v) is 9.75. The summed E-state index contributed by atoms with van der Waals surface area (Å²) < 4.78 is 5.52. The van der Waals surface area contributed by atoms with E-state index < -0.39 is 5.54 Å². The highest BCUT2D eigenvalue weighted by Crippen LogP contribution is 2.30. The molecule has 2 aliphatic heterocycles. The van der Waals surface area contributed by atoms with Crippen LogP contribution in [0.2, 0.25) is 0 Å². The molecular formula is C28H31N5O3. The van der Waals surface area contributed by atoms with Gasteiger partial charge in [0.15, 0.2) is 5.84 Å². The maximum atomic E-state index is 13.8. The van der Waals surface area contributed by atoms with Crippen LogP contribution in [0.5, 0.6) is 5.75 Å². The molecule has 2 aromatic carbocycles. The lowest BCUT2D eigenvalue weighted by Gasteiger charge is -2.36. The molecule has 2 aliphatic rings. The van der Waals surface area contributed by atoms with E-state index in [9.17, 15) is 9.59 Å². The van der Waals surface area contributed by atoms with E-state index in [4.69, 9.17) is 14.7 Å². The summed E-state index contributed by atoms with van der Waals surface area (Å²) in [5, 5.41) is 3.77. The first-order valence-electron chi connectivity index (χ1n) is 12.3. The molecule has 5 rings (SSSR count). The Hall–Kier alpha value is -3.94. The van der Waals surface area contributed by atoms with Crippen LogP contribution in [-0.2, 0) is 4.79 Å². The Balaban J connectivity index is 1.47. The highest BCUT2D eigenvalue weighted by atomic mass is 16.5. The van der Waals surface area contributed by atoms with Gasteiger partial charge in [-0.25, -0.2) is 9.98 Å². The van der Waals surface area contributed by atoms with Gasteiger partial charge >= 0.3 is 0 Å². The Morgan fingerprint density at radius 3 is 2.44 bits per heavy atom. The first-order chi connectivity index (χ1) is 17.3. The molecule has 3 aromatic rings. The third kappa shape index (κ3) is 4.06. The van der Waals surface area contributed by atoms with Gasteiger partial charge in [0.25, 0.3) is 11.8 Å². The molecule has 1 unspecified atom stereocenters. The molecule has 0 spiro atoms. The Bertz CT molecular complexity index is 1360. The zero-order chi connectivity index (χ0) is 25.4. The minimum atomic E-state index is -0.899. The number of hydrogen-bond donors (Lipinski definition) is 1. The van der Waals surface area contributed by atoms with E-state index in [-0.39, 0.29) is 17.7 Å². The lowest BCUT2D eigenvalue weighted by atomic mass is 9.89. The predicted molar refractivity (Wildman–Crippen MR) is 141 cm³/mol. The van der Waals surface area contributed by atoms with Gasteiger partial charge in [0.1, 0.15) is 17.0 Å². The molecule has 0 radical (unpaired) electrons. The average Bonchev–Trinajstić information content (AvgIpc) is 3.22. The van der Waals surface area contributed by atoms with Gasteiger partial charge in [-0.05, 0) is 37.1 Å². The lowest BCUT2D eigenvalue weighted by Crippen LogP contribution is -2.49. The van der Waals surface area contributed by atoms with Crippen molar-refractivity contribution in [3.8, 4) is 5.75 Å². The van der Waals surface area contributed by atoms with Gasteiger partial charge < -0.3 is 19.9 Å². The van der Waals surface area contributed by atoms with E-state index in [1.54, 1.807) is 7.11 Å².